The van der Waals surface area contributed by atoms with E-state index in [-0.39, 0.29) is 12.4 Å². The smallest absolute Gasteiger partial charge is 0.167 e. The Hall–Kier alpha value is -2.14. The highest BCUT2D eigenvalue weighted by atomic mass is 19.1. The van der Waals surface area contributed by atoms with E-state index in [1.54, 1.807) is 24.3 Å². The summed E-state index contributed by atoms with van der Waals surface area (Å²) in [5, 5.41) is 9.86. The monoisotopic (exact) mass is 265 g/mol. The van der Waals surface area contributed by atoms with Gasteiger partial charge in [0.05, 0.1) is 0 Å². The maximum atomic E-state index is 13.3. The number of anilines is 1. The molecule has 0 aliphatic heterocycles. The summed E-state index contributed by atoms with van der Waals surface area (Å²) in [6, 6.07) is 9.61. The molecule has 3 N–H and O–H groups in total. The van der Waals surface area contributed by atoms with Gasteiger partial charge < -0.3 is 15.6 Å². The van der Waals surface area contributed by atoms with Gasteiger partial charge in [-0.05, 0) is 29.8 Å². The molecule has 0 saturated heterocycles. The fourth-order valence-electron chi connectivity index (χ4n) is 1.58. The fraction of sp³-hybridized carbons (Fsp3) is 0.143. The first-order chi connectivity index (χ1) is 9.06. The average molecular weight is 265 g/mol. The first-order valence-corrected chi connectivity index (χ1v) is 5.67. The summed E-state index contributed by atoms with van der Waals surface area (Å²) in [6.45, 7) is -0.132. The Kier molecular flexibility index (Phi) is 3.97. The summed E-state index contributed by atoms with van der Waals surface area (Å²) in [6.07, 6.45) is -0.912. The maximum absolute atomic E-state index is 13.3. The number of ether oxygens (including phenoxy) is 1. The van der Waals surface area contributed by atoms with Gasteiger partial charge in [0, 0.05) is 11.8 Å². The third-order valence-corrected chi connectivity index (χ3v) is 2.61. The number of hydrogen-bond donors (Lipinski definition) is 2. The van der Waals surface area contributed by atoms with Crippen LogP contribution in [0.3, 0.4) is 0 Å². The molecule has 5 heteroatoms. The second-order valence-electron chi connectivity index (χ2n) is 4.07. The quantitative estimate of drug-likeness (QED) is 0.836. The molecule has 0 saturated carbocycles. The van der Waals surface area contributed by atoms with Gasteiger partial charge in [-0.1, -0.05) is 12.1 Å². The van der Waals surface area contributed by atoms with Crippen LogP contribution in [0, 0.1) is 11.6 Å². The minimum absolute atomic E-state index is 0.101. The second kappa shape index (κ2) is 5.67. The van der Waals surface area contributed by atoms with Crippen LogP contribution >= 0.6 is 0 Å². The average Bonchev–Trinajstić information content (AvgIpc) is 2.38. The molecule has 0 aromatic heterocycles. The van der Waals surface area contributed by atoms with E-state index >= 15 is 0 Å². The molecular weight excluding hydrogens is 252 g/mol. The molecule has 0 radical (unpaired) electrons. The molecule has 0 fully saturated rings. The summed E-state index contributed by atoms with van der Waals surface area (Å²) >= 11 is 0. The molecule has 0 aliphatic carbocycles. The predicted molar refractivity (Wildman–Crippen MR) is 67.7 cm³/mol. The minimum Gasteiger partial charge on any atom is -0.487 e. The van der Waals surface area contributed by atoms with Crippen molar-refractivity contribution in [2.45, 2.75) is 6.10 Å². The van der Waals surface area contributed by atoms with Gasteiger partial charge in [-0.2, -0.15) is 0 Å². The van der Waals surface area contributed by atoms with E-state index in [2.05, 4.69) is 0 Å². The lowest BCUT2D eigenvalue weighted by molar-refractivity contribution is 0.106. The SMILES string of the molecule is Nc1ccc(C(O)COc2ccc(F)cc2F)cc1. The van der Waals surface area contributed by atoms with Crippen molar-refractivity contribution < 1.29 is 18.6 Å². The number of benzene rings is 2. The summed E-state index contributed by atoms with van der Waals surface area (Å²) in [4.78, 5) is 0. The Morgan fingerprint density at radius 1 is 1.11 bits per heavy atom. The molecule has 1 unspecified atom stereocenters. The number of hydrogen-bond acceptors (Lipinski definition) is 3. The van der Waals surface area contributed by atoms with Crippen LogP contribution in [-0.4, -0.2) is 11.7 Å². The number of nitrogen functional groups attached to an aromatic ring is 1. The number of aliphatic hydroxyl groups is 1. The lowest BCUT2D eigenvalue weighted by atomic mass is 10.1. The molecule has 0 aliphatic rings. The molecule has 1 atom stereocenters. The van der Waals surface area contributed by atoms with Crippen molar-refractivity contribution in [3.8, 4) is 5.75 Å². The van der Waals surface area contributed by atoms with Crippen molar-refractivity contribution in [2.24, 2.45) is 0 Å². The molecule has 0 amide bonds. The largest absolute Gasteiger partial charge is 0.487 e. The molecule has 2 rings (SSSR count). The molecule has 19 heavy (non-hydrogen) atoms. The van der Waals surface area contributed by atoms with Gasteiger partial charge in [-0.15, -0.1) is 0 Å². The highest BCUT2D eigenvalue weighted by Gasteiger charge is 2.10. The lowest BCUT2D eigenvalue weighted by Gasteiger charge is -2.13. The standard InChI is InChI=1S/C14H13F2NO2/c15-10-3-6-14(12(16)7-10)19-8-13(18)9-1-4-11(17)5-2-9/h1-7,13,18H,8,17H2. The van der Waals surface area contributed by atoms with Crippen molar-refractivity contribution in [1.29, 1.82) is 0 Å². The van der Waals surface area contributed by atoms with Crippen LogP contribution in [0.5, 0.6) is 5.75 Å². The fourth-order valence-corrected chi connectivity index (χ4v) is 1.58. The molecule has 0 heterocycles. The number of rotatable bonds is 4. The highest BCUT2D eigenvalue weighted by molar-refractivity contribution is 5.39. The van der Waals surface area contributed by atoms with Crippen LogP contribution in [0.15, 0.2) is 42.5 Å². The molecule has 2 aromatic rings. The van der Waals surface area contributed by atoms with E-state index in [0.29, 0.717) is 11.3 Å². The normalized spacial score (nSPS) is 12.2. The van der Waals surface area contributed by atoms with Crippen LogP contribution < -0.4 is 10.5 Å². The van der Waals surface area contributed by atoms with Crippen LogP contribution in [0.25, 0.3) is 0 Å². The Labute approximate surface area is 109 Å². The van der Waals surface area contributed by atoms with Crippen LogP contribution in [0.1, 0.15) is 11.7 Å². The van der Waals surface area contributed by atoms with E-state index in [0.717, 1.165) is 12.1 Å². The topological polar surface area (TPSA) is 55.5 Å². The van der Waals surface area contributed by atoms with Crippen molar-refractivity contribution in [3.05, 3.63) is 59.7 Å². The van der Waals surface area contributed by atoms with Crippen molar-refractivity contribution in [1.82, 2.24) is 0 Å². The van der Waals surface area contributed by atoms with Crippen LogP contribution in [0.2, 0.25) is 0 Å². The van der Waals surface area contributed by atoms with Crippen molar-refractivity contribution in [3.63, 3.8) is 0 Å². The lowest BCUT2D eigenvalue weighted by Crippen LogP contribution is -2.10. The molecule has 0 bridgehead atoms. The van der Waals surface area contributed by atoms with Crippen molar-refractivity contribution in [2.75, 3.05) is 12.3 Å². The number of halogens is 2. The van der Waals surface area contributed by atoms with Gasteiger partial charge in [0.2, 0.25) is 0 Å². The molecule has 3 nitrogen and oxygen atoms in total. The zero-order valence-corrected chi connectivity index (χ0v) is 10.0. The van der Waals surface area contributed by atoms with Crippen molar-refractivity contribution >= 4 is 5.69 Å². The summed E-state index contributed by atoms with van der Waals surface area (Å²) in [7, 11) is 0. The van der Waals surface area contributed by atoms with E-state index in [1.165, 1.54) is 6.07 Å². The summed E-state index contributed by atoms with van der Waals surface area (Å²) in [5.74, 6) is -1.58. The summed E-state index contributed by atoms with van der Waals surface area (Å²) < 4.78 is 31.1. The first kappa shape index (κ1) is 13.3. The van der Waals surface area contributed by atoms with E-state index in [1.807, 2.05) is 0 Å². The zero-order chi connectivity index (χ0) is 13.8. The molecule has 0 spiro atoms. The van der Waals surface area contributed by atoms with Crippen LogP contribution in [-0.2, 0) is 0 Å². The third kappa shape index (κ3) is 3.42. The first-order valence-electron chi connectivity index (χ1n) is 5.67. The minimum atomic E-state index is -0.912. The zero-order valence-electron chi connectivity index (χ0n) is 10.0. The van der Waals surface area contributed by atoms with E-state index < -0.39 is 17.7 Å². The number of aliphatic hydroxyl groups excluding tert-OH is 1. The summed E-state index contributed by atoms with van der Waals surface area (Å²) in [5.41, 5.74) is 6.72. The molecule has 100 valence electrons. The van der Waals surface area contributed by atoms with Crippen LogP contribution in [0.4, 0.5) is 14.5 Å². The third-order valence-electron chi connectivity index (χ3n) is 2.61. The second-order valence-corrected chi connectivity index (χ2v) is 4.07. The van der Waals surface area contributed by atoms with Gasteiger partial charge in [0.25, 0.3) is 0 Å². The van der Waals surface area contributed by atoms with Gasteiger partial charge in [-0.3, -0.25) is 0 Å². The van der Waals surface area contributed by atoms with E-state index in [4.69, 9.17) is 10.5 Å². The Morgan fingerprint density at radius 3 is 2.42 bits per heavy atom. The Balaban J connectivity index is 2.00. The van der Waals surface area contributed by atoms with Gasteiger partial charge in [0.1, 0.15) is 18.5 Å². The Morgan fingerprint density at radius 2 is 1.79 bits per heavy atom. The number of nitrogens with two attached hydrogens (primary N) is 1. The molecular formula is C14H13F2NO2. The van der Waals surface area contributed by atoms with Gasteiger partial charge >= 0.3 is 0 Å². The van der Waals surface area contributed by atoms with E-state index in [9.17, 15) is 13.9 Å². The maximum Gasteiger partial charge on any atom is 0.167 e. The Bertz CT molecular complexity index is 558. The molecule has 2 aromatic carbocycles. The highest BCUT2D eigenvalue weighted by Crippen LogP contribution is 2.20. The van der Waals surface area contributed by atoms with Gasteiger partial charge in [0.15, 0.2) is 11.6 Å². The predicted octanol–water partition coefficient (Wildman–Crippen LogP) is 2.66. The van der Waals surface area contributed by atoms with Gasteiger partial charge in [-0.25, -0.2) is 8.78 Å².